The van der Waals surface area contributed by atoms with Crippen molar-refractivity contribution in [3.05, 3.63) is 118 Å². The normalized spacial score (nSPS) is 14.6. The lowest BCUT2D eigenvalue weighted by Gasteiger charge is -2.18. The lowest BCUT2D eigenvalue weighted by Crippen LogP contribution is -2.47. The van der Waals surface area contributed by atoms with Crippen LogP contribution in [-0.4, -0.2) is 57.5 Å². The second kappa shape index (κ2) is 12.9. The number of carbonyl (C=O) groups is 8. The Labute approximate surface area is 285 Å². The van der Waals surface area contributed by atoms with Gasteiger partial charge in [0, 0.05) is 21.3 Å². The van der Waals surface area contributed by atoms with E-state index in [-0.39, 0.29) is 28.2 Å². The van der Waals surface area contributed by atoms with Gasteiger partial charge in [0.1, 0.15) is 0 Å². The third-order valence-electron chi connectivity index (χ3n) is 7.14. The van der Waals surface area contributed by atoms with Gasteiger partial charge in [-0.3, -0.25) is 39.6 Å². The van der Waals surface area contributed by atoms with Crippen molar-refractivity contribution in [2.75, 3.05) is 15.1 Å². The number of nitrogens with one attached hydrogen (secondary N) is 3. The number of carbonyl (C=O) groups excluding carboxylic acids is 8. The topological polar surface area (TPSA) is 186 Å². The Kier molecular flexibility index (Phi) is 8.52. The first kappa shape index (κ1) is 32.4. The van der Waals surface area contributed by atoms with Gasteiger partial charge in [-0.2, -0.15) is 10.0 Å². The van der Waals surface area contributed by atoms with Crippen LogP contribution < -0.4 is 26.0 Å². The summed E-state index contributed by atoms with van der Waals surface area (Å²) in [6.07, 6.45) is 0. The van der Waals surface area contributed by atoms with Crippen LogP contribution in [0.1, 0.15) is 20.7 Å². The molecule has 0 aliphatic carbocycles. The molecule has 0 spiro atoms. The average Bonchev–Trinajstić information content (AvgIpc) is 3.43. The van der Waals surface area contributed by atoms with E-state index >= 15 is 0 Å². The highest BCUT2D eigenvalue weighted by atomic mass is 35.5. The minimum atomic E-state index is -1.27. The van der Waals surface area contributed by atoms with Gasteiger partial charge in [0.15, 0.2) is 0 Å². The zero-order valence-corrected chi connectivity index (χ0v) is 26.1. The summed E-state index contributed by atoms with van der Waals surface area (Å²) in [6.45, 7) is 0. The van der Waals surface area contributed by atoms with Crippen LogP contribution in [0.2, 0.25) is 10.0 Å². The highest BCUT2D eigenvalue weighted by molar-refractivity contribution is 6.53. The first-order valence-electron chi connectivity index (χ1n) is 14.0. The fourth-order valence-corrected chi connectivity index (χ4v) is 4.99. The van der Waals surface area contributed by atoms with Crippen LogP contribution in [-0.2, 0) is 19.2 Å². The molecule has 2 aliphatic heterocycles. The number of hydrogen-bond acceptors (Lipinski definition) is 9. The number of urea groups is 2. The first-order valence-corrected chi connectivity index (χ1v) is 14.7. The predicted octanol–water partition coefficient (Wildman–Crippen LogP) is 4.02. The van der Waals surface area contributed by atoms with Crippen LogP contribution in [0.5, 0.6) is 0 Å². The monoisotopic (exact) mass is 699 g/mol. The minimum absolute atomic E-state index is 0.00976. The second-order valence-corrected chi connectivity index (χ2v) is 11.1. The summed E-state index contributed by atoms with van der Waals surface area (Å²) >= 11 is 11.7. The summed E-state index contributed by atoms with van der Waals surface area (Å²) in [5.41, 5.74) is 5.07. The predicted molar refractivity (Wildman–Crippen MR) is 173 cm³/mol. The molecule has 244 valence electrons. The van der Waals surface area contributed by atoms with E-state index in [0.717, 1.165) is 0 Å². The molecule has 4 aromatic carbocycles. The van der Waals surface area contributed by atoms with Crippen molar-refractivity contribution in [2.45, 2.75) is 0 Å². The second-order valence-electron chi connectivity index (χ2n) is 10.2. The molecule has 2 fully saturated rings. The maximum absolute atomic E-state index is 13.2. The number of hydrazine groups is 2. The average molecular weight is 700 g/mol. The lowest BCUT2D eigenvalue weighted by atomic mass is 10.1. The number of rotatable bonds is 8. The molecule has 0 bridgehead atoms. The smallest absolute Gasteiger partial charge is 0.355 e. The Morgan fingerprint density at radius 1 is 0.510 bits per heavy atom. The van der Waals surface area contributed by atoms with Gasteiger partial charge >= 0.3 is 35.7 Å². The molecule has 0 saturated carbocycles. The highest BCUT2D eigenvalue weighted by Crippen LogP contribution is 2.26. The van der Waals surface area contributed by atoms with Crippen LogP contribution >= 0.6 is 23.2 Å². The molecule has 10 amide bonds. The van der Waals surface area contributed by atoms with E-state index in [9.17, 15) is 38.4 Å². The van der Waals surface area contributed by atoms with Crippen molar-refractivity contribution < 1.29 is 38.4 Å². The largest absolute Gasteiger partial charge is 0.358 e. The SMILES string of the molecule is O=C(NN1C(=O)C(=O)N(c2ccc(Cl)cc2)C1=O)c1ccc(Nc2ccccc2C(=O)NN2C(=O)C(=O)N(c3ccc(Cl)cc3)C2=O)cc1. The highest BCUT2D eigenvalue weighted by Gasteiger charge is 2.48. The van der Waals surface area contributed by atoms with Gasteiger partial charge < -0.3 is 5.32 Å². The summed E-state index contributed by atoms with van der Waals surface area (Å²) in [6, 6.07) is 20.7. The molecule has 0 unspecified atom stereocenters. The van der Waals surface area contributed by atoms with Crippen molar-refractivity contribution >= 4 is 93.5 Å². The molecular weight excluding hydrogens is 681 g/mol. The molecule has 17 heteroatoms. The van der Waals surface area contributed by atoms with Crippen LogP contribution in [0.25, 0.3) is 0 Å². The molecule has 2 aliphatic rings. The molecule has 6 rings (SSSR count). The van der Waals surface area contributed by atoms with Crippen molar-refractivity contribution in [2.24, 2.45) is 0 Å². The molecule has 0 radical (unpaired) electrons. The molecule has 15 nitrogen and oxygen atoms in total. The van der Waals surface area contributed by atoms with Crippen LogP contribution in [0.15, 0.2) is 97.1 Å². The van der Waals surface area contributed by atoms with Gasteiger partial charge in [-0.1, -0.05) is 35.3 Å². The molecule has 49 heavy (non-hydrogen) atoms. The number of para-hydroxylation sites is 1. The van der Waals surface area contributed by atoms with Gasteiger partial charge in [-0.25, -0.2) is 19.4 Å². The Hall–Kier alpha value is -6.58. The molecule has 2 heterocycles. The molecule has 0 aromatic heterocycles. The number of amides is 10. The maximum atomic E-state index is 13.2. The zero-order chi connectivity index (χ0) is 35.0. The zero-order valence-electron chi connectivity index (χ0n) is 24.5. The number of imide groups is 4. The fraction of sp³-hybridized carbons (Fsp3) is 0. The van der Waals surface area contributed by atoms with E-state index in [2.05, 4.69) is 16.2 Å². The Morgan fingerprint density at radius 3 is 1.45 bits per heavy atom. The Morgan fingerprint density at radius 2 is 0.959 bits per heavy atom. The van der Waals surface area contributed by atoms with Gasteiger partial charge in [0.25, 0.3) is 11.8 Å². The van der Waals surface area contributed by atoms with E-state index < -0.39 is 47.5 Å². The number of nitrogens with zero attached hydrogens (tertiary/aromatic N) is 4. The van der Waals surface area contributed by atoms with E-state index in [1.807, 2.05) is 0 Å². The van der Waals surface area contributed by atoms with E-state index in [1.54, 1.807) is 6.07 Å². The lowest BCUT2D eigenvalue weighted by molar-refractivity contribution is -0.140. The quantitative estimate of drug-likeness (QED) is 0.180. The standard InChI is InChI=1S/C32H19Cl2N7O8/c33-18-7-13-21(14-8-18)38-27(44)29(46)40(31(38)48)36-25(42)17-5-11-20(12-6-17)35-24-4-2-1-3-23(24)26(43)37-41-30(47)28(45)39(32(41)49)22-15-9-19(34)10-16-22/h1-16,35H,(H,36,42)(H,37,43). The van der Waals surface area contributed by atoms with E-state index in [1.165, 1.54) is 91.0 Å². The summed E-state index contributed by atoms with van der Waals surface area (Å²) in [5.74, 6) is -6.65. The fourth-order valence-electron chi connectivity index (χ4n) is 4.74. The van der Waals surface area contributed by atoms with Crippen molar-refractivity contribution in [1.29, 1.82) is 0 Å². The van der Waals surface area contributed by atoms with Gasteiger partial charge in [0.05, 0.1) is 22.6 Å². The van der Waals surface area contributed by atoms with Crippen LogP contribution in [0.4, 0.5) is 32.3 Å². The van der Waals surface area contributed by atoms with E-state index in [4.69, 9.17) is 23.2 Å². The number of halogens is 2. The third-order valence-corrected chi connectivity index (χ3v) is 7.64. The van der Waals surface area contributed by atoms with Gasteiger partial charge in [-0.15, -0.1) is 0 Å². The third kappa shape index (κ3) is 6.14. The Bertz CT molecular complexity index is 2090. The summed E-state index contributed by atoms with van der Waals surface area (Å²) in [7, 11) is 0. The molecule has 2 saturated heterocycles. The molecule has 3 N–H and O–H groups in total. The van der Waals surface area contributed by atoms with Crippen molar-refractivity contribution in [3.63, 3.8) is 0 Å². The van der Waals surface area contributed by atoms with Crippen molar-refractivity contribution in [3.8, 4) is 0 Å². The Balaban J connectivity index is 1.12. The van der Waals surface area contributed by atoms with Gasteiger partial charge in [0.2, 0.25) is 0 Å². The van der Waals surface area contributed by atoms with Crippen molar-refractivity contribution in [1.82, 2.24) is 20.9 Å². The minimum Gasteiger partial charge on any atom is -0.355 e. The summed E-state index contributed by atoms with van der Waals surface area (Å²) in [5, 5.41) is 4.29. The summed E-state index contributed by atoms with van der Waals surface area (Å²) < 4.78 is 0. The van der Waals surface area contributed by atoms with E-state index in [0.29, 0.717) is 35.6 Å². The maximum Gasteiger partial charge on any atom is 0.358 e. The number of benzene rings is 4. The van der Waals surface area contributed by atoms with Crippen LogP contribution in [0, 0.1) is 0 Å². The number of anilines is 4. The van der Waals surface area contributed by atoms with Crippen LogP contribution in [0.3, 0.4) is 0 Å². The first-order chi connectivity index (χ1) is 23.4. The van der Waals surface area contributed by atoms with Gasteiger partial charge in [-0.05, 0) is 84.9 Å². The molecule has 4 aromatic rings. The molecular formula is C32H19Cl2N7O8. The number of hydrogen-bond donors (Lipinski definition) is 3. The molecule has 0 atom stereocenters. The summed E-state index contributed by atoms with van der Waals surface area (Å²) in [4.78, 5) is 103.